The van der Waals surface area contributed by atoms with Gasteiger partial charge in [-0.2, -0.15) is 0 Å². The molecule has 0 spiro atoms. The molecule has 34 heavy (non-hydrogen) atoms. The predicted molar refractivity (Wildman–Crippen MR) is 128 cm³/mol. The van der Waals surface area contributed by atoms with Crippen LogP contribution in [0.25, 0.3) is 0 Å². The van der Waals surface area contributed by atoms with E-state index in [2.05, 4.69) is 4.72 Å². The number of halogens is 1. The molecule has 0 bridgehead atoms. The SMILES string of the molecule is CNS(=O)(=O)c1ccc(OCC(C)C)c(C(=O)N2CCN(c3ccc(C(C)=O)cc3F)CC2)c1. The lowest BCUT2D eigenvalue weighted by molar-refractivity contribution is 0.0741. The van der Waals surface area contributed by atoms with Crippen molar-refractivity contribution in [3.8, 4) is 5.75 Å². The molecule has 1 saturated heterocycles. The number of rotatable bonds is 8. The van der Waals surface area contributed by atoms with Crippen molar-refractivity contribution in [3.05, 3.63) is 53.3 Å². The summed E-state index contributed by atoms with van der Waals surface area (Å²) in [6.07, 6.45) is 0. The second kappa shape index (κ2) is 10.5. The van der Waals surface area contributed by atoms with Crippen LogP contribution in [0.5, 0.6) is 5.75 Å². The number of sulfonamides is 1. The van der Waals surface area contributed by atoms with Crippen LogP contribution in [0.4, 0.5) is 10.1 Å². The van der Waals surface area contributed by atoms with E-state index >= 15 is 0 Å². The molecular weight excluding hydrogens is 461 g/mol. The molecule has 1 amide bonds. The Hall–Kier alpha value is -2.98. The molecule has 10 heteroatoms. The Morgan fingerprint density at radius 2 is 1.76 bits per heavy atom. The largest absolute Gasteiger partial charge is 0.492 e. The summed E-state index contributed by atoms with van der Waals surface area (Å²) in [7, 11) is -2.44. The molecule has 8 nitrogen and oxygen atoms in total. The number of piperazine rings is 1. The number of hydrogen-bond donors (Lipinski definition) is 1. The molecule has 0 atom stereocenters. The first kappa shape index (κ1) is 25.6. The fraction of sp³-hybridized carbons (Fsp3) is 0.417. The molecule has 1 N–H and O–H groups in total. The minimum Gasteiger partial charge on any atom is -0.492 e. The lowest BCUT2D eigenvalue weighted by Crippen LogP contribution is -2.49. The van der Waals surface area contributed by atoms with Crippen LogP contribution in [0.15, 0.2) is 41.3 Å². The Morgan fingerprint density at radius 1 is 1.09 bits per heavy atom. The van der Waals surface area contributed by atoms with Gasteiger partial charge in [-0.15, -0.1) is 0 Å². The Balaban J connectivity index is 1.80. The average molecular weight is 492 g/mol. The van der Waals surface area contributed by atoms with Crippen molar-refractivity contribution in [2.24, 2.45) is 5.92 Å². The van der Waals surface area contributed by atoms with Gasteiger partial charge in [0.05, 0.1) is 22.8 Å². The number of ether oxygens (including phenoxy) is 1. The molecule has 2 aromatic carbocycles. The van der Waals surface area contributed by atoms with Gasteiger partial charge in [-0.3, -0.25) is 9.59 Å². The van der Waals surface area contributed by atoms with Gasteiger partial charge in [-0.1, -0.05) is 13.8 Å². The van der Waals surface area contributed by atoms with Gasteiger partial charge in [-0.05, 0) is 56.3 Å². The van der Waals surface area contributed by atoms with E-state index in [9.17, 15) is 22.4 Å². The number of Topliss-reactive ketones (excluding diaryl/α,β-unsaturated/α-hetero) is 1. The second-order valence-electron chi connectivity index (χ2n) is 8.57. The van der Waals surface area contributed by atoms with Crippen molar-refractivity contribution in [2.45, 2.75) is 25.7 Å². The predicted octanol–water partition coefficient (Wildman–Crippen LogP) is 2.93. The molecule has 2 aromatic rings. The van der Waals surface area contributed by atoms with Gasteiger partial charge in [0.15, 0.2) is 5.78 Å². The molecule has 0 aromatic heterocycles. The van der Waals surface area contributed by atoms with E-state index in [1.165, 1.54) is 38.2 Å². The van der Waals surface area contributed by atoms with Gasteiger partial charge in [-0.25, -0.2) is 17.5 Å². The molecule has 1 aliphatic rings. The minimum absolute atomic E-state index is 0.0264. The molecule has 0 radical (unpaired) electrons. The van der Waals surface area contributed by atoms with Gasteiger partial charge in [0.25, 0.3) is 5.91 Å². The van der Waals surface area contributed by atoms with Crippen LogP contribution in [0, 0.1) is 11.7 Å². The first-order valence-electron chi connectivity index (χ1n) is 11.1. The van der Waals surface area contributed by atoms with Crippen LogP contribution in [0.3, 0.4) is 0 Å². The van der Waals surface area contributed by atoms with Crippen molar-refractivity contribution in [3.63, 3.8) is 0 Å². The van der Waals surface area contributed by atoms with E-state index in [4.69, 9.17) is 4.74 Å². The Kier molecular flexibility index (Phi) is 7.93. The van der Waals surface area contributed by atoms with E-state index in [-0.39, 0.29) is 28.1 Å². The summed E-state index contributed by atoms with van der Waals surface area (Å²) in [4.78, 5) is 28.2. The second-order valence-corrected chi connectivity index (χ2v) is 10.5. The summed E-state index contributed by atoms with van der Waals surface area (Å²) >= 11 is 0. The molecule has 0 unspecified atom stereocenters. The number of anilines is 1. The zero-order valence-electron chi connectivity index (χ0n) is 19.8. The number of carbonyl (C=O) groups excluding carboxylic acids is 2. The normalized spacial score (nSPS) is 14.4. The van der Waals surface area contributed by atoms with Gasteiger partial charge in [0.2, 0.25) is 10.0 Å². The van der Waals surface area contributed by atoms with Gasteiger partial charge < -0.3 is 14.5 Å². The monoisotopic (exact) mass is 491 g/mol. The highest BCUT2D eigenvalue weighted by Gasteiger charge is 2.27. The average Bonchev–Trinajstić information content (AvgIpc) is 2.82. The van der Waals surface area contributed by atoms with Crippen LogP contribution in [0.2, 0.25) is 0 Å². The summed E-state index contributed by atoms with van der Waals surface area (Å²) in [6.45, 7) is 7.12. The van der Waals surface area contributed by atoms with E-state index in [1.54, 1.807) is 17.0 Å². The third-order valence-electron chi connectivity index (χ3n) is 5.59. The summed E-state index contributed by atoms with van der Waals surface area (Å²) < 4.78 is 47.2. The molecule has 1 heterocycles. The highest BCUT2D eigenvalue weighted by Crippen LogP contribution is 2.27. The Morgan fingerprint density at radius 3 is 2.32 bits per heavy atom. The summed E-state index contributed by atoms with van der Waals surface area (Å²) in [5.41, 5.74) is 0.850. The molecule has 1 aliphatic heterocycles. The van der Waals surface area contributed by atoms with Gasteiger partial charge in [0, 0.05) is 31.7 Å². The molecule has 184 valence electrons. The first-order chi connectivity index (χ1) is 16.0. The van der Waals surface area contributed by atoms with Crippen LogP contribution in [-0.2, 0) is 10.0 Å². The minimum atomic E-state index is -3.74. The standard InChI is InChI=1S/C24H30FN3O5S/c1-16(2)15-33-23-8-6-19(34(31,32)26-4)14-20(23)24(30)28-11-9-27(10-12-28)22-7-5-18(17(3)29)13-21(22)25/h5-8,13-14,16,26H,9-12,15H2,1-4H3. The molecule has 3 rings (SSSR count). The molecule has 0 saturated carbocycles. The molecule has 0 aliphatic carbocycles. The maximum Gasteiger partial charge on any atom is 0.257 e. The number of ketones is 1. The fourth-order valence-corrected chi connectivity index (χ4v) is 4.40. The van der Waals surface area contributed by atoms with E-state index in [0.717, 1.165) is 0 Å². The number of nitrogens with zero attached hydrogens (tertiary/aromatic N) is 2. The zero-order valence-corrected chi connectivity index (χ0v) is 20.6. The third kappa shape index (κ3) is 5.74. The summed E-state index contributed by atoms with van der Waals surface area (Å²) in [6, 6.07) is 8.63. The number of hydrogen-bond acceptors (Lipinski definition) is 6. The van der Waals surface area contributed by atoms with Crippen LogP contribution < -0.4 is 14.4 Å². The molecule has 1 fully saturated rings. The topological polar surface area (TPSA) is 96.0 Å². The van der Waals surface area contributed by atoms with Gasteiger partial charge >= 0.3 is 0 Å². The van der Waals surface area contributed by atoms with E-state index < -0.39 is 15.8 Å². The van der Waals surface area contributed by atoms with Crippen molar-refractivity contribution >= 4 is 27.4 Å². The number of nitrogens with one attached hydrogen (secondary N) is 1. The van der Waals surface area contributed by atoms with Crippen molar-refractivity contribution in [1.29, 1.82) is 0 Å². The Labute approximate surface area is 199 Å². The lowest BCUT2D eigenvalue weighted by Gasteiger charge is -2.36. The van der Waals surface area contributed by atoms with E-state index in [1.807, 2.05) is 18.7 Å². The Bertz CT molecular complexity index is 1180. The highest BCUT2D eigenvalue weighted by molar-refractivity contribution is 7.89. The van der Waals surface area contributed by atoms with Crippen LogP contribution >= 0.6 is 0 Å². The van der Waals surface area contributed by atoms with Crippen molar-refractivity contribution in [2.75, 3.05) is 44.7 Å². The maximum absolute atomic E-state index is 14.6. The number of carbonyl (C=O) groups is 2. The zero-order chi connectivity index (χ0) is 25.0. The highest BCUT2D eigenvalue weighted by atomic mass is 32.2. The quantitative estimate of drug-likeness (QED) is 0.571. The van der Waals surface area contributed by atoms with Crippen LogP contribution in [0.1, 0.15) is 41.5 Å². The number of amides is 1. The third-order valence-corrected chi connectivity index (χ3v) is 7.01. The van der Waals surface area contributed by atoms with Gasteiger partial charge in [0.1, 0.15) is 11.6 Å². The smallest absolute Gasteiger partial charge is 0.257 e. The fourth-order valence-electron chi connectivity index (χ4n) is 3.65. The van der Waals surface area contributed by atoms with Crippen LogP contribution in [-0.4, -0.2) is 64.8 Å². The molecular formula is C24H30FN3O5S. The van der Waals surface area contributed by atoms with Crippen molar-refractivity contribution < 1.29 is 27.1 Å². The first-order valence-corrected chi connectivity index (χ1v) is 12.6. The maximum atomic E-state index is 14.6. The summed E-state index contributed by atoms with van der Waals surface area (Å²) in [5, 5.41) is 0. The number of benzene rings is 2. The van der Waals surface area contributed by atoms with E-state index in [0.29, 0.717) is 49.8 Å². The van der Waals surface area contributed by atoms with Crippen molar-refractivity contribution in [1.82, 2.24) is 9.62 Å². The summed E-state index contributed by atoms with van der Waals surface area (Å²) in [5.74, 6) is -0.502. The lowest BCUT2D eigenvalue weighted by atomic mass is 10.1.